The van der Waals surface area contributed by atoms with Gasteiger partial charge in [-0.25, -0.2) is 14.4 Å². The molecule has 1 aromatic carbocycles. The van der Waals surface area contributed by atoms with Gasteiger partial charge in [0.15, 0.2) is 6.61 Å². The Hall–Kier alpha value is -2.81. The maximum atomic E-state index is 14.4. The van der Waals surface area contributed by atoms with E-state index in [1.807, 2.05) is 11.0 Å². The van der Waals surface area contributed by atoms with E-state index in [4.69, 9.17) is 9.84 Å². The van der Waals surface area contributed by atoms with Gasteiger partial charge in [-0.1, -0.05) is 26.3 Å². The molecule has 2 saturated carbocycles. The summed E-state index contributed by atoms with van der Waals surface area (Å²) in [7, 11) is 0. The van der Waals surface area contributed by atoms with Crippen molar-refractivity contribution in [3.05, 3.63) is 24.3 Å². The zero-order valence-electron chi connectivity index (χ0n) is 25.8. The summed E-state index contributed by atoms with van der Waals surface area (Å²) in [6.07, 6.45) is 11.7. The number of benzene rings is 1. The Bertz CT molecular complexity index is 1180. The lowest BCUT2D eigenvalue weighted by atomic mass is 9.61. The molecule has 8 unspecified atom stereocenters. The molecule has 3 aliphatic heterocycles. The molecule has 43 heavy (non-hydrogen) atoms. The molecule has 236 valence electrons. The van der Waals surface area contributed by atoms with Crippen LogP contribution in [-0.2, 0) is 9.59 Å². The summed E-state index contributed by atoms with van der Waals surface area (Å²) < 4.78 is 5.51. The van der Waals surface area contributed by atoms with Crippen LogP contribution in [0.25, 0.3) is 0 Å². The van der Waals surface area contributed by atoms with E-state index in [0.717, 1.165) is 55.9 Å². The fourth-order valence-corrected chi connectivity index (χ4v) is 9.53. The molecule has 8 atom stereocenters. The number of hydrogen-bond donors (Lipinski definition) is 2. The molecule has 6 rings (SSSR count). The number of anilines is 1. The van der Waals surface area contributed by atoms with Crippen LogP contribution in [-0.4, -0.2) is 81.8 Å². The highest BCUT2D eigenvalue weighted by Gasteiger charge is 2.46. The van der Waals surface area contributed by atoms with Crippen molar-refractivity contribution in [2.45, 2.75) is 109 Å². The Morgan fingerprint density at radius 2 is 1.67 bits per heavy atom. The van der Waals surface area contributed by atoms with Crippen LogP contribution >= 0.6 is 0 Å². The molecule has 2 aliphatic carbocycles. The highest BCUT2D eigenvalue weighted by atomic mass is 16.5. The summed E-state index contributed by atoms with van der Waals surface area (Å²) in [4.78, 5) is 43.9. The van der Waals surface area contributed by atoms with Gasteiger partial charge in [0, 0.05) is 43.0 Å². The summed E-state index contributed by atoms with van der Waals surface area (Å²) in [6, 6.07) is 6.96. The van der Waals surface area contributed by atoms with Crippen LogP contribution in [0.2, 0.25) is 0 Å². The second-order valence-electron chi connectivity index (χ2n) is 14.4. The number of carbonyl (C=O) groups is 3. The number of fused-ring (bicyclic) bond motifs is 5. The van der Waals surface area contributed by atoms with Crippen molar-refractivity contribution in [1.29, 1.82) is 0 Å². The number of aliphatic carboxylic acids is 2. The second-order valence-corrected chi connectivity index (χ2v) is 14.4. The van der Waals surface area contributed by atoms with Crippen molar-refractivity contribution in [1.82, 2.24) is 9.80 Å². The third-order valence-electron chi connectivity index (χ3n) is 11.6. The first kappa shape index (κ1) is 30.2. The van der Waals surface area contributed by atoms with Gasteiger partial charge in [-0.2, -0.15) is 0 Å². The minimum atomic E-state index is -1.06. The number of amides is 2. The lowest BCUT2D eigenvalue weighted by Gasteiger charge is -2.50. The minimum absolute atomic E-state index is 0.0708. The number of carboxylic acid groups (broad SMARTS) is 2. The van der Waals surface area contributed by atoms with Crippen molar-refractivity contribution in [3.63, 3.8) is 0 Å². The molecule has 4 bridgehead atoms. The van der Waals surface area contributed by atoms with Crippen molar-refractivity contribution in [2.24, 2.45) is 29.6 Å². The number of nitrogens with zero attached hydrogens (tertiary/aromatic N) is 3. The molecule has 2 N–H and O–H groups in total. The summed E-state index contributed by atoms with van der Waals surface area (Å²) in [5.74, 6) is 2.05. The highest BCUT2D eigenvalue weighted by Crippen LogP contribution is 2.49. The van der Waals surface area contributed by atoms with E-state index in [9.17, 15) is 19.5 Å². The number of urea groups is 1. The quantitative estimate of drug-likeness (QED) is 0.415. The Kier molecular flexibility index (Phi) is 8.90. The van der Waals surface area contributed by atoms with E-state index in [0.29, 0.717) is 48.8 Å². The van der Waals surface area contributed by atoms with Gasteiger partial charge < -0.3 is 19.8 Å². The lowest BCUT2D eigenvalue weighted by Crippen LogP contribution is -2.53. The van der Waals surface area contributed by atoms with Crippen LogP contribution in [0.1, 0.15) is 84.5 Å². The van der Waals surface area contributed by atoms with Crippen molar-refractivity contribution < 1.29 is 29.3 Å². The van der Waals surface area contributed by atoms with Gasteiger partial charge in [-0.15, -0.1) is 0 Å². The van der Waals surface area contributed by atoms with E-state index in [1.54, 1.807) is 18.2 Å². The predicted molar refractivity (Wildman–Crippen MR) is 163 cm³/mol. The molecule has 0 radical (unpaired) electrons. The van der Waals surface area contributed by atoms with E-state index >= 15 is 0 Å². The van der Waals surface area contributed by atoms with E-state index in [2.05, 4.69) is 18.7 Å². The smallest absolute Gasteiger partial charge is 0.341 e. The summed E-state index contributed by atoms with van der Waals surface area (Å²) in [5, 5.41) is 19.1. The zero-order chi connectivity index (χ0) is 30.2. The number of ether oxygens (including phenoxy) is 1. The number of rotatable bonds is 7. The maximum absolute atomic E-state index is 14.4. The zero-order valence-corrected chi connectivity index (χ0v) is 25.8. The summed E-state index contributed by atoms with van der Waals surface area (Å²) >= 11 is 0. The van der Waals surface area contributed by atoms with Gasteiger partial charge in [0.25, 0.3) is 0 Å². The monoisotopic (exact) mass is 595 g/mol. The van der Waals surface area contributed by atoms with Crippen LogP contribution in [0.3, 0.4) is 0 Å². The van der Waals surface area contributed by atoms with Crippen LogP contribution in [0.15, 0.2) is 24.3 Å². The normalized spacial score (nSPS) is 36.0. The number of carbonyl (C=O) groups excluding carboxylic acids is 1. The molecule has 9 nitrogen and oxygen atoms in total. The third kappa shape index (κ3) is 6.38. The van der Waals surface area contributed by atoms with E-state index < -0.39 is 24.6 Å². The van der Waals surface area contributed by atoms with Gasteiger partial charge >= 0.3 is 18.0 Å². The Morgan fingerprint density at radius 1 is 0.907 bits per heavy atom. The molecule has 3 heterocycles. The number of carboxylic acids is 2. The van der Waals surface area contributed by atoms with Gasteiger partial charge in [0.1, 0.15) is 11.8 Å². The molecule has 3 saturated heterocycles. The Balaban J connectivity index is 1.30. The Labute approximate surface area is 255 Å². The molecular formula is C34H49N3O6. The first-order valence-corrected chi connectivity index (χ1v) is 16.7. The first-order valence-electron chi connectivity index (χ1n) is 16.7. The largest absolute Gasteiger partial charge is 0.482 e. The predicted octanol–water partition coefficient (Wildman–Crippen LogP) is 5.72. The fourth-order valence-electron chi connectivity index (χ4n) is 9.53. The first-order chi connectivity index (χ1) is 20.7. The molecule has 0 spiro atoms. The summed E-state index contributed by atoms with van der Waals surface area (Å²) in [5.41, 5.74) is 0.648. The molecule has 1 aromatic rings. The SMILES string of the molecule is CC1CC(C)C2CC1CC(N1CC3CCCC1CC(N(C(=O)N1CCCC1C(=O)O)c1cccc(OCC(=O)O)c1)C3)C2. The molecule has 5 aliphatic rings. The summed E-state index contributed by atoms with van der Waals surface area (Å²) in [6.45, 7) is 5.95. The second kappa shape index (κ2) is 12.7. The van der Waals surface area contributed by atoms with Crippen molar-refractivity contribution in [2.75, 3.05) is 24.6 Å². The average molecular weight is 596 g/mol. The van der Waals surface area contributed by atoms with Crippen molar-refractivity contribution >= 4 is 23.7 Å². The van der Waals surface area contributed by atoms with Gasteiger partial charge in [0.05, 0.1) is 0 Å². The maximum Gasteiger partial charge on any atom is 0.341 e. The molecule has 2 amide bonds. The van der Waals surface area contributed by atoms with Gasteiger partial charge in [-0.3, -0.25) is 9.80 Å². The third-order valence-corrected chi connectivity index (χ3v) is 11.6. The minimum Gasteiger partial charge on any atom is -0.482 e. The molecular weight excluding hydrogens is 546 g/mol. The number of hydrogen-bond acceptors (Lipinski definition) is 5. The van der Waals surface area contributed by atoms with Crippen LogP contribution in [0.4, 0.5) is 10.5 Å². The number of likely N-dealkylation sites (tertiary alicyclic amines) is 1. The Morgan fingerprint density at radius 3 is 2.40 bits per heavy atom. The standard InChI is InChI=1S/C34H49N3O6/c1-21-12-22(2)25-14-24(21)15-28(16-25)36-19-23-6-3-7-26(36)17-29(13-23)37(34(42)35-11-5-10-31(35)33(40)41)27-8-4-9-30(18-27)43-20-32(38)39/h4,8-9,18,21-26,28-29,31H,3,5-7,10-17,19-20H2,1-2H3,(H,38,39)(H,40,41). The van der Waals surface area contributed by atoms with Crippen molar-refractivity contribution in [3.8, 4) is 5.75 Å². The van der Waals surface area contributed by atoms with Crippen LogP contribution in [0.5, 0.6) is 5.75 Å². The molecule has 9 heteroatoms. The average Bonchev–Trinajstić information content (AvgIpc) is 3.30. The van der Waals surface area contributed by atoms with Crippen LogP contribution < -0.4 is 9.64 Å². The van der Waals surface area contributed by atoms with E-state index in [1.165, 1.54) is 37.0 Å². The highest BCUT2D eigenvalue weighted by molar-refractivity contribution is 5.95. The lowest BCUT2D eigenvalue weighted by molar-refractivity contribution is -0.141. The topological polar surface area (TPSA) is 111 Å². The molecule has 0 aromatic heterocycles. The van der Waals surface area contributed by atoms with Gasteiger partial charge in [0.2, 0.25) is 0 Å². The van der Waals surface area contributed by atoms with E-state index in [-0.39, 0.29) is 12.1 Å². The van der Waals surface area contributed by atoms with Gasteiger partial charge in [-0.05, 0) is 106 Å². The molecule has 5 fully saturated rings. The fraction of sp³-hybridized carbons (Fsp3) is 0.735. The van der Waals surface area contributed by atoms with Crippen LogP contribution in [0, 0.1) is 29.6 Å².